The lowest BCUT2D eigenvalue weighted by atomic mass is 10.2. The van der Waals surface area contributed by atoms with E-state index in [1.807, 2.05) is 28.8 Å². The van der Waals surface area contributed by atoms with E-state index in [9.17, 15) is 4.79 Å². The van der Waals surface area contributed by atoms with Crippen LogP contribution < -0.4 is 10.5 Å². The Morgan fingerprint density at radius 1 is 1.32 bits per heavy atom. The summed E-state index contributed by atoms with van der Waals surface area (Å²) in [7, 11) is 1.64. The second-order valence-corrected chi connectivity index (χ2v) is 6.23. The first-order valence-electron chi connectivity index (χ1n) is 7.68. The van der Waals surface area contributed by atoms with Crippen LogP contribution in [0.2, 0.25) is 0 Å². The zero-order chi connectivity index (χ0) is 17.6. The van der Waals surface area contributed by atoms with Gasteiger partial charge in [0.1, 0.15) is 5.75 Å². The van der Waals surface area contributed by atoms with E-state index in [1.54, 1.807) is 25.5 Å². The molecule has 0 unspecified atom stereocenters. The van der Waals surface area contributed by atoms with Gasteiger partial charge in [0.05, 0.1) is 13.4 Å². The molecule has 3 rings (SSSR count). The highest BCUT2D eigenvalue weighted by Gasteiger charge is 2.17. The number of methoxy groups -OCH3 is 1. The molecule has 2 aromatic heterocycles. The highest BCUT2D eigenvalue weighted by atomic mass is 32.2. The Labute approximate surface area is 149 Å². The Morgan fingerprint density at radius 2 is 2.20 bits per heavy atom. The van der Waals surface area contributed by atoms with E-state index >= 15 is 0 Å². The molecule has 0 saturated heterocycles. The summed E-state index contributed by atoms with van der Waals surface area (Å²) < 4.78 is 12.5. The van der Waals surface area contributed by atoms with Crippen molar-refractivity contribution >= 4 is 17.7 Å². The standard InChI is InChI=1S/C17H18N4O3S/c1-23-13-5-2-4-12(10-13)11-25-17-20-19-16(14-6-3-9-24-14)21(17)8-7-15(18)22/h2-6,9-10H,7-8,11H2,1H3,(H2,18,22). The van der Waals surface area contributed by atoms with E-state index in [0.717, 1.165) is 11.3 Å². The molecule has 130 valence electrons. The van der Waals surface area contributed by atoms with Crippen LogP contribution >= 0.6 is 11.8 Å². The number of carbonyl (C=O) groups is 1. The van der Waals surface area contributed by atoms with E-state index in [-0.39, 0.29) is 12.3 Å². The molecule has 2 heterocycles. The van der Waals surface area contributed by atoms with Crippen LogP contribution in [0.15, 0.2) is 52.2 Å². The van der Waals surface area contributed by atoms with Crippen LogP contribution in [0.3, 0.4) is 0 Å². The van der Waals surface area contributed by atoms with Crippen LogP contribution in [-0.2, 0) is 17.1 Å². The van der Waals surface area contributed by atoms with Gasteiger partial charge in [-0.25, -0.2) is 0 Å². The molecule has 0 saturated carbocycles. The molecule has 7 nitrogen and oxygen atoms in total. The fourth-order valence-electron chi connectivity index (χ4n) is 2.32. The van der Waals surface area contributed by atoms with Crippen LogP contribution in [0.25, 0.3) is 11.6 Å². The van der Waals surface area contributed by atoms with E-state index in [4.69, 9.17) is 14.9 Å². The first-order valence-corrected chi connectivity index (χ1v) is 8.67. The van der Waals surface area contributed by atoms with E-state index in [0.29, 0.717) is 29.0 Å². The molecule has 8 heteroatoms. The summed E-state index contributed by atoms with van der Waals surface area (Å²) in [5.41, 5.74) is 6.39. The van der Waals surface area contributed by atoms with E-state index < -0.39 is 0 Å². The van der Waals surface area contributed by atoms with Crippen molar-refractivity contribution in [1.29, 1.82) is 0 Å². The maximum atomic E-state index is 11.2. The van der Waals surface area contributed by atoms with Crippen LogP contribution in [0.5, 0.6) is 5.75 Å². The number of furan rings is 1. The molecule has 0 aliphatic heterocycles. The minimum Gasteiger partial charge on any atom is -0.497 e. The molecule has 0 bridgehead atoms. The molecule has 2 N–H and O–H groups in total. The highest BCUT2D eigenvalue weighted by molar-refractivity contribution is 7.98. The molecule has 25 heavy (non-hydrogen) atoms. The van der Waals surface area contributed by atoms with Crippen molar-refractivity contribution in [2.24, 2.45) is 5.73 Å². The van der Waals surface area contributed by atoms with Crippen molar-refractivity contribution in [3.05, 3.63) is 48.2 Å². The summed E-state index contributed by atoms with van der Waals surface area (Å²) in [5, 5.41) is 9.15. The summed E-state index contributed by atoms with van der Waals surface area (Å²) >= 11 is 1.53. The number of nitrogens with zero attached hydrogens (tertiary/aromatic N) is 3. The van der Waals surface area contributed by atoms with Crippen molar-refractivity contribution in [1.82, 2.24) is 14.8 Å². The minimum absolute atomic E-state index is 0.207. The number of thioether (sulfide) groups is 1. The SMILES string of the molecule is COc1cccc(CSc2nnc(-c3ccco3)n2CCC(N)=O)c1. The van der Waals surface area contributed by atoms with Crippen LogP contribution in [0.4, 0.5) is 0 Å². The number of amides is 1. The highest BCUT2D eigenvalue weighted by Crippen LogP contribution is 2.27. The van der Waals surface area contributed by atoms with E-state index in [2.05, 4.69) is 10.2 Å². The average Bonchev–Trinajstić information content (AvgIpc) is 3.27. The van der Waals surface area contributed by atoms with Crippen LogP contribution in [-0.4, -0.2) is 27.8 Å². The number of primary amides is 1. The van der Waals surface area contributed by atoms with Gasteiger partial charge in [0.2, 0.25) is 5.91 Å². The fraction of sp³-hybridized carbons (Fsp3) is 0.235. The van der Waals surface area contributed by atoms with E-state index in [1.165, 1.54) is 11.8 Å². The quantitative estimate of drug-likeness (QED) is 0.622. The minimum atomic E-state index is -0.372. The molecule has 0 aliphatic rings. The van der Waals surface area contributed by atoms with Gasteiger partial charge in [0.25, 0.3) is 0 Å². The third-order valence-electron chi connectivity index (χ3n) is 3.54. The van der Waals surface area contributed by atoms with Gasteiger partial charge in [-0.15, -0.1) is 10.2 Å². The Hall–Kier alpha value is -2.74. The summed E-state index contributed by atoms with van der Waals surface area (Å²) in [4.78, 5) is 11.2. The van der Waals surface area contributed by atoms with Crippen LogP contribution in [0, 0.1) is 0 Å². The van der Waals surface area contributed by atoms with Gasteiger partial charge in [-0.2, -0.15) is 0 Å². The lowest BCUT2D eigenvalue weighted by Crippen LogP contribution is -2.15. The van der Waals surface area contributed by atoms with Gasteiger partial charge < -0.3 is 14.9 Å². The van der Waals surface area contributed by atoms with Crippen molar-refractivity contribution in [2.45, 2.75) is 23.9 Å². The summed E-state index contributed by atoms with van der Waals surface area (Å²) in [6.45, 7) is 0.402. The van der Waals surface area contributed by atoms with Crippen molar-refractivity contribution in [3.63, 3.8) is 0 Å². The predicted octanol–water partition coefficient (Wildman–Crippen LogP) is 2.71. The topological polar surface area (TPSA) is 96.2 Å². The Morgan fingerprint density at radius 3 is 2.92 bits per heavy atom. The predicted molar refractivity (Wildman–Crippen MR) is 94.1 cm³/mol. The zero-order valence-electron chi connectivity index (χ0n) is 13.7. The Bertz CT molecular complexity index is 845. The second-order valence-electron chi connectivity index (χ2n) is 5.29. The zero-order valence-corrected chi connectivity index (χ0v) is 14.5. The normalized spacial score (nSPS) is 10.8. The van der Waals surface area contributed by atoms with Gasteiger partial charge in [0, 0.05) is 18.7 Å². The first kappa shape index (κ1) is 17.1. The fourth-order valence-corrected chi connectivity index (χ4v) is 3.22. The number of aromatic nitrogens is 3. The molecule has 1 aromatic carbocycles. The molecule has 0 atom stereocenters. The van der Waals surface area contributed by atoms with Gasteiger partial charge in [-0.05, 0) is 29.8 Å². The average molecular weight is 358 g/mol. The van der Waals surface area contributed by atoms with Gasteiger partial charge in [0.15, 0.2) is 16.7 Å². The maximum Gasteiger partial charge on any atom is 0.219 e. The van der Waals surface area contributed by atoms with Crippen molar-refractivity contribution in [2.75, 3.05) is 7.11 Å². The first-order chi connectivity index (χ1) is 12.2. The van der Waals surface area contributed by atoms with Crippen molar-refractivity contribution < 1.29 is 13.9 Å². The van der Waals surface area contributed by atoms with Crippen LogP contribution in [0.1, 0.15) is 12.0 Å². The summed E-state index contributed by atoms with van der Waals surface area (Å²) in [6.07, 6.45) is 1.78. The molecule has 1 amide bonds. The Balaban J connectivity index is 1.81. The van der Waals surface area contributed by atoms with Gasteiger partial charge in [-0.3, -0.25) is 9.36 Å². The Kier molecular flexibility index (Phi) is 5.39. The maximum absolute atomic E-state index is 11.2. The molecule has 0 fully saturated rings. The third-order valence-corrected chi connectivity index (χ3v) is 4.58. The number of nitrogens with two attached hydrogens (primary N) is 1. The number of hydrogen-bond donors (Lipinski definition) is 1. The monoisotopic (exact) mass is 358 g/mol. The smallest absolute Gasteiger partial charge is 0.219 e. The molecule has 3 aromatic rings. The number of ether oxygens (including phenoxy) is 1. The van der Waals surface area contributed by atoms with Gasteiger partial charge >= 0.3 is 0 Å². The molecule has 0 aliphatic carbocycles. The number of carbonyl (C=O) groups excluding carboxylic acids is 1. The third kappa shape index (κ3) is 4.21. The molecule has 0 spiro atoms. The van der Waals surface area contributed by atoms with Gasteiger partial charge in [-0.1, -0.05) is 23.9 Å². The molecular weight excluding hydrogens is 340 g/mol. The number of benzene rings is 1. The number of hydrogen-bond acceptors (Lipinski definition) is 6. The molecular formula is C17H18N4O3S. The molecule has 0 radical (unpaired) electrons. The number of rotatable bonds is 8. The lowest BCUT2D eigenvalue weighted by Gasteiger charge is -2.08. The van der Waals surface area contributed by atoms with Crippen molar-refractivity contribution in [3.8, 4) is 17.3 Å². The second kappa shape index (κ2) is 7.89. The summed E-state index contributed by atoms with van der Waals surface area (Å²) in [6, 6.07) is 11.4. The largest absolute Gasteiger partial charge is 0.497 e. The lowest BCUT2D eigenvalue weighted by molar-refractivity contribution is -0.118. The summed E-state index contributed by atoms with van der Waals surface area (Å²) in [5.74, 6) is 2.32.